The fourth-order valence-electron chi connectivity index (χ4n) is 1.81. The maximum Gasteiger partial charge on any atom is 0.251 e. The van der Waals surface area contributed by atoms with Crippen LogP contribution in [0.4, 0.5) is 0 Å². The number of fused-ring (bicyclic) bond motifs is 1. The molecule has 1 aromatic heterocycles. The second kappa shape index (κ2) is 5.40. The van der Waals surface area contributed by atoms with Crippen molar-refractivity contribution >= 4 is 16.9 Å². The molecule has 0 aliphatic carbocycles. The average Bonchev–Trinajstić information content (AvgIpc) is 2.76. The smallest absolute Gasteiger partial charge is 0.251 e. The summed E-state index contributed by atoms with van der Waals surface area (Å²) in [6.07, 6.45) is 1.19. The van der Waals surface area contributed by atoms with E-state index in [1.165, 1.54) is 0 Å². The van der Waals surface area contributed by atoms with Crippen LogP contribution in [0.25, 0.3) is 11.0 Å². The van der Waals surface area contributed by atoms with Crippen LogP contribution < -0.4 is 5.32 Å². The van der Waals surface area contributed by atoms with E-state index in [4.69, 9.17) is 0 Å². The Hall–Kier alpha value is -1.88. The zero-order valence-corrected chi connectivity index (χ0v) is 11.4. The van der Waals surface area contributed by atoms with Crippen molar-refractivity contribution in [3.05, 3.63) is 30.1 Å². The molecule has 1 heterocycles. The van der Waals surface area contributed by atoms with Crippen LogP contribution in [0, 0.1) is 5.92 Å². The fraction of sp³-hybridized carbons (Fsp3) is 0.429. The summed E-state index contributed by atoms with van der Waals surface area (Å²) in [6, 6.07) is 5.39. The van der Waals surface area contributed by atoms with E-state index in [0.717, 1.165) is 11.0 Å². The summed E-state index contributed by atoms with van der Waals surface area (Å²) in [5.41, 5.74) is 2.33. The van der Waals surface area contributed by atoms with E-state index < -0.39 is 6.10 Å². The predicted molar refractivity (Wildman–Crippen MR) is 73.9 cm³/mol. The Morgan fingerprint density at radius 3 is 2.89 bits per heavy atom. The topological polar surface area (TPSA) is 67.2 Å². The summed E-state index contributed by atoms with van der Waals surface area (Å²) >= 11 is 0. The minimum atomic E-state index is -0.525. The van der Waals surface area contributed by atoms with Crippen LogP contribution in [0.2, 0.25) is 0 Å². The van der Waals surface area contributed by atoms with Gasteiger partial charge in [-0.15, -0.1) is 0 Å². The summed E-state index contributed by atoms with van der Waals surface area (Å²) in [5, 5.41) is 12.4. The quantitative estimate of drug-likeness (QED) is 0.872. The molecule has 0 radical (unpaired) electrons. The largest absolute Gasteiger partial charge is 0.391 e. The highest BCUT2D eigenvalue weighted by Crippen LogP contribution is 2.13. The highest BCUT2D eigenvalue weighted by molar-refractivity contribution is 5.97. The second-order valence-electron chi connectivity index (χ2n) is 5.08. The number of rotatable bonds is 4. The highest BCUT2D eigenvalue weighted by Gasteiger charge is 2.12. The van der Waals surface area contributed by atoms with Crippen LogP contribution in [0.5, 0.6) is 0 Å². The number of aliphatic hydroxyl groups is 1. The van der Waals surface area contributed by atoms with Gasteiger partial charge in [-0.25, -0.2) is 4.98 Å². The maximum absolute atomic E-state index is 12.0. The van der Waals surface area contributed by atoms with E-state index in [9.17, 15) is 9.90 Å². The minimum Gasteiger partial charge on any atom is -0.391 e. The first-order valence-corrected chi connectivity index (χ1v) is 6.36. The second-order valence-corrected chi connectivity index (χ2v) is 5.08. The molecule has 1 amide bonds. The molecule has 0 aliphatic heterocycles. The Morgan fingerprint density at radius 2 is 2.21 bits per heavy atom. The summed E-state index contributed by atoms with van der Waals surface area (Å²) in [6.45, 7) is 4.09. The van der Waals surface area contributed by atoms with Crippen LogP contribution in [-0.4, -0.2) is 33.2 Å². The maximum atomic E-state index is 12.0. The lowest BCUT2D eigenvalue weighted by atomic mass is 10.1. The standard InChI is InChI=1S/C14H19N3O2/c1-9(2)13(18)7-15-14(19)10-4-5-12-11(6-10)16-8-17(12)3/h4-6,8-9,13,18H,7H2,1-3H3,(H,15,19). The Labute approximate surface area is 112 Å². The zero-order chi connectivity index (χ0) is 14.0. The first-order chi connectivity index (χ1) is 8.99. The number of benzene rings is 1. The van der Waals surface area contributed by atoms with Crippen molar-refractivity contribution in [2.75, 3.05) is 6.54 Å². The van der Waals surface area contributed by atoms with E-state index in [-0.39, 0.29) is 18.4 Å². The third kappa shape index (κ3) is 2.93. The molecule has 0 fully saturated rings. The molecular weight excluding hydrogens is 242 g/mol. The molecule has 2 N–H and O–H groups in total. The Balaban J connectivity index is 2.09. The molecule has 0 saturated carbocycles. The molecule has 1 atom stereocenters. The van der Waals surface area contributed by atoms with Crippen LogP contribution in [0.15, 0.2) is 24.5 Å². The van der Waals surface area contributed by atoms with Gasteiger partial charge in [-0.05, 0) is 24.1 Å². The lowest BCUT2D eigenvalue weighted by Crippen LogP contribution is -2.34. The van der Waals surface area contributed by atoms with Gasteiger partial charge in [0.1, 0.15) is 0 Å². The number of nitrogens with one attached hydrogen (secondary N) is 1. The van der Waals surface area contributed by atoms with Crippen LogP contribution in [0.3, 0.4) is 0 Å². The fourth-order valence-corrected chi connectivity index (χ4v) is 1.81. The van der Waals surface area contributed by atoms with E-state index in [1.54, 1.807) is 18.5 Å². The van der Waals surface area contributed by atoms with Gasteiger partial charge < -0.3 is 15.0 Å². The molecule has 5 nitrogen and oxygen atoms in total. The number of amides is 1. The zero-order valence-electron chi connectivity index (χ0n) is 11.4. The van der Waals surface area contributed by atoms with Crippen molar-refractivity contribution in [3.8, 4) is 0 Å². The molecule has 0 spiro atoms. The Kier molecular flexibility index (Phi) is 3.85. The van der Waals surface area contributed by atoms with Crippen molar-refractivity contribution in [3.63, 3.8) is 0 Å². The van der Waals surface area contributed by atoms with Gasteiger partial charge in [0.25, 0.3) is 5.91 Å². The van der Waals surface area contributed by atoms with E-state index in [0.29, 0.717) is 5.56 Å². The molecule has 2 aromatic rings. The van der Waals surface area contributed by atoms with Gasteiger partial charge in [0.15, 0.2) is 0 Å². The summed E-state index contributed by atoms with van der Waals surface area (Å²) in [4.78, 5) is 16.2. The first kappa shape index (κ1) is 13.5. The molecule has 1 aromatic carbocycles. The normalized spacial score (nSPS) is 12.9. The van der Waals surface area contributed by atoms with Gasteiger partial charge in [-0.3, -0.25) is 4.79 Å². The van der Waals surface area contributed by atoms with Gasteiger partial charge in [-0.1, -0.05) is 13.8 Å². The van der Waals surface area contributed by atoms with Crippen molar-refractivity contribution < 1.29 is 9.90 Å². The van der Waals surface area contributed by atoms with Crippen molar-refractivity contribution in [2.24, 2.45) is 13.0 Å². The molecule has 1 unspecified atom stereocenters. The number of imidazole rings is 1. The lowest BCUT2D eigenvalue weighted by molar-refractivity contribution is 0.0871. The van der Waals surface area contributed by atoms with Crippen molar-refractivity contribution in [2.45, 2.75) is 20.0 Å². The molecule has 0 aliphatic rings. The summed E-state index contributed by atoms with van der Waals surface area (Å²) in [7, 11) is 1.91. The number of aliphatic hydroxyl groups excluding tert-OH is 1. The summed E-state index contributed by atoms with van der Waals surface area (Å²) < 4.78 is 1.90. The average molecular weight is 261 g/mol. The highest BCUT2D eigenvalue weighted by atomic mass is 16.3. The van der Waals surface area contributed by atoms with Gasteiger partial charge in [-0.2, -0.15) is 0 Å². The molecule has 0 saturated heterocycles. The number of hydrogen-bond acceptors (Lipinski definition) is 3. The summed E-state index contributed by atoms with van der Waals surface area (Å²) in [5.74, 6) is -0.0641. The Morgan fingerprint density at radius 1 is 1.47 bits per heavy atom. The molecule has 2 rings (SSSR count). The third-order valence-electron chi connectivity index (χ3n) is 3.23. The van der Waals surface area contributed by atoms with Crippen molar-refractivity contribution in [1.29, 1.82) is 0 Å². The first-order valence-electron chi connectivity index (χ1n) is 6.36. The van der Waals surface area contributed by atoms with Crippen LogP contribution >= 0.6 is 0 Å². The van der Waals surface area contributed by atoms with E-state index in [1.807, 2.05) is 31.5 Å². The van der Waals surface area contributed by atoms with Gasteiger partial charge >= 0.3 is 0 Å². The number of carbonyl (C=O) groups is 1. The monoisotopic (exact) mass is 261 g/mol. The van der Waals surface area contributed by atoms with Gasteiger partial charge in [0.05, 0.1) is 23.5 Å². The molecule has 0 bridgehead atoms. The molecule has 5 heteroatoms. The van der Waals surface area contributed by atoms with Crippen molar-refractivity contribution in [1.82, 2.24) is 14.9 Å². The van der Waals surface area contributed by atoms with E-state index in [2.05, 4.69) is 10.3 Å². The number of nitrogens with zero attached hydrogens (tertiary/aromatic N) is 2. The third-order valence-corrected chi connectivity index (χ3v) is 3.23. The van der Waals surface area contributed by atoms with E-state index >= 15 is 0 Å². The number of aryl methyl sites for hydroxylation is 1. The minimum absolute atomic E-state index is 0.124. The molecule has 19 heavy (non-hydrogen) atoms. The van der Waals surface area contributed by atoms with Gasteiger partial charge in [0, 0.05) is 19.2 Å². The van der Waals surface area contributed by atoms with Crippen LogP contribution in [0.1, 0.15) is 24.2 Å². The SMILES string of the molecule is CC(C)C(O)CNC(=O)c1ccc2c(c1)ncn2C. The Bertz CT molecular complexity index is 589. The van der Waals surface area contributed by atoms with Crippen LogP contribution in [-0.2, 0) is 7.05 Å². The predicted octanol–water partition coefficient (Wildman–Crippen LogP) is 1.32. The number of aromatic nitrogens is 2. The number of carbonyl (C=O) groups excluding carboxylic acids is 1. The molecule has 102 valence electrons. The lowest BCUT2D eigenvalue weighted by Gasteiger charge is -2.15. The molecular formula is C14H19N3O2. The van der Waals surface area contributed by atoms with Gasteiger partial charge in [0.2, 0.25) is 0 Å². The number of hydrogen-bond donors (Lipinski definition) is 2.